The zero-order chi connectivity index (χ0) is 23.8. The highest BCUT2D eigenvalue weighted by molar-refractivity contribution is 8.14. The van der Waals surface area contributed by atoms with Gasteiger partial charge in [0.25, 0.3) is 0 Å². The first-order valence-corrected chi connectivity index (χ1v) is 11.3. The van der Waals surface area contributed by atoms with Crippen LogP contribution in [0.1, 0.15) is 18.1 Å². The maximum Gasteiger partial charge on any atom is 0.317 e. The van der Waals surface area contributed by atoms with Gasteiger partial charge in [0.15, 0.2) is 0 Å². The van der Waals surface area contributed by atoms with Gasteiger partial charge in [-0.05, 0) is 47.7 Å². The SMILES string of the molecule is C[C@@H](NC(=O)Cc1ccc(O)cc1)C(=O)S[C@H](Cc1ccc(-c2ccccc2)cc1)C(=O)O. The molecule has 0 saturated carbocycles. The van der Waals surface area contributed by atoms with Gasteiger partial charge in [0, 0.05) is 0 Å². The van der Waals surface area contributed by atoms with Crippen molar-refractivity contribution in [3.63, 3.8) is 0 Å². The van der Waals surface area contributed by atoms with Gasteiger partial charge in [-0.1, -0.05) is 78.5 Å². The molecule has 0 fully saturated rings. The molecule has 0 saturated heterocycles. The highest BCUT2D eigenvalue weighted by atomic mass is 32.2. The molecule has 0 aromatic heterocycles. The van der Waals surface area contributed by atoms with E-state index in [9.17, 15) is 24.6 Å². The van der Waals surface area contributed by atoms with E-state index in [1.807, 2.05) is 54.6 Å². The third-order valence-corrected chi connectivity index (χ3v) is 6.29. The minimum atomic E-state index is -1.08. The molecule has 0 aliphatic heterocycles. The number of benzene rings is 3. The normalized spacial score (nSPS) is 12.5. The average molecular weight is 464 g/mol. The number of hydrogen-bond donors (Lipinski definition) is 3. The van der Waals surface area contributed by atoms with Crippen LogP contribution in [0, 0.1) is 0 Å². The fourth-order valence-corrected chi connectivity index (χ4v) is 4.17. The van der Waals surface area contributed by atoms with Crippen LogP contribution in [0.4, 0.5) is 0 Å². The molecule has 3 aromatic carbocycles. The van der Waals surface area contributed by atoms with Crippen LogP contribution in [0.15, 0.2) is 78.9 Å². The number of carbonyl (C=O) groups is 3. The Labute approximate surface area is 196 Å². The number of hydrogen-bond acceptors (Lipinski definition) is 5. The van der Waals surface area contributed by atoms with Crippen LogP contribution >= 0.6 is 11.8 Å². The molecule has 0 aliphatic carbocycles. The second-order valence-corrected chi connectivity index (χ2v) is 8.87. The van der Waals surface area contributed by atoms with Crippen LogP contribution in [0.5, 0.6) is 5.75 Å². The van der Waals surface area contributed by atoms with Crippen molar-refractivity contribution >= 4 is 28.8 Å². The van der Waals surface area contributed by atoms with Crippen LogP contribution in [0.25, 0.3) is 11.1 Å². The van der Waals surface area contributed by atoms with Gasteiger partial charge in [0.2, 0.25) is 11.0 Å². The number of rotatable bonds is 9. The van der Waals surface area contributed by atoms with Crippen LogP contribution < -0.4 is 5.32 Å². The number of amides is 1. The molecule has 3 rings (SSSR count). The van der Waals surface area contributed by atoms with Gasteiger partial charge in [0.1, 0.15) is 11.0 Å². The van der Waals surface area contributed by atoms with Gasteiger partial charge in [-0.2, -0.15) is 0 Å². The number of aromatic hydroxyl groups is 1. The Kier molecular flexibility index (Phi) is 8.27. The predicted octanol–water partition coefficient (Wildman–Crippen LogP) is 4.06. The fraction of sp³-hybridized carbons (Fsp3) is 0.192. The summed E-state index contributed by atoms with van der Waals surface area (Å²) in [7, 11) is 0. The van der Waals surface area contributed by atoms with Crippen LogP contribution in [-0.4, -0.2) is 38.5 Å². The van der Waals surface area contributed by atoms with Crippen molar-refractivity contribution in [1.82, 2.24) is 5.32 Å². The molecule has 0 heterocycles. The maximum atomic E-state index is 12.6. The lowest BCUT2D eigenvalue weighted by molar-refractivity contribution is -0.136. The highest BCUT2D eigenvalue weighted by Gasteiger charge is 2.26. The fourth-order valence-electron chi connectivity index (χ4n) is 3.25. The predicted molar refractivity (Wildman–Crippen MR) is 129 cm³/mol. The summed E-state index contributed by atoms with van der Waals surface area (Å²) >= 11 is 0.720. The average Bonchev–Trinajstić information content (AvgIpc) is 2.81. The first-order valence-electron chi connectivity index (χ1n) is 10.5. The van der Waals surface area contributed by atoms with Gasteiger partial charge in [-0.15, -0.1) is 0 Å². The van der Waals surface area contributed by atoms with E-state index in [0.29, 0.717) is 5.56 Å². The smallest absolute Gasteiger partial charge is 0.317 e. The number of phenolic OH excluding ortho intramolecular Hbond substituents is 1. The minimum absolute atomic E-state index is 0.0543. The van der Waals surface area contributed by atoms with Crippen molar-refractivity contribution in [1.29, 1.82) is 0 Å². The Morgan fingerprint density at radius 1 is 0.848 bits per heavy atom. The van der Waals surface area contributed by atoms with E-state index < -0.39 is 22.4 Å². The zero-order valence-corrected chi connectivity index (χ0v) is 18.9. The lowest BCUT2D eigenvalue weighted by Crippen LogP contribution is -2.39. The Morgan fingerprint density at radius 2 is 1.42 bits per heavy atom. The number of carboxylic acids is 1. The van der Waals surface area contributed by atoms with E-state index in [4.69, 9.17) is 0 Å². The van der Waals surface area contributed by atoms with Gasteiger partial charge in [-0.25, -0.2) is 0 Å². The molecule has 0 bridgehead atoms. The highest BCUT2D eigenvalue weighted by Crippen LogP contribution is 2.23. The topological polar surface area (TPSA) is 104 Å². The van der Waals surface area contributed by atoms with Crippen LogP contribution in [0.2, 0.25) is 0 Å². The summed E-state index contributed by atoms with van der Waals surface area (Å²) in [5, 5.41) is 20.2. The van der Waals surface area contributed by atoms with Gasteiger partial charge in [0.05, 0.1) is 12.5 Å². The molecule has 1 amide bonds. The third kappa shape index (κ3) is 7.22. The number of nitrogens with one attached hydrogen (secondary N) is 1. The molecule has 0 unspecified atom stereocenters. The molecule has 6 nitrogen and oxygen atoms in total. The van der Waals surface area contributed by atoms with E-state index in [1.165, 1.54) is 19.1 Å². The molecule has 170 valence electrons. The summed E-state index contributed by atoms with van der Waals surface area (Å²) in [6.07, 6.45) is 0.244. The summed E-state index contributed by atoms with van der Waals surface area (Å²) in [5.41, 5.74) is 3.60. The molecule has 33 heavy (non-hydrogen) atoms. The first kappa shape index (κ1) is 24.1. The minimum Gasteiger partial charge on any atom is -0.508 e. The molecular weight excluding hydrogens is 438 g/mol. The molecule has 3 aromatic rings. The van der Waals surface area contributed by atoms with Crippen molar-refractivity contribution in [2.45, 2.75) is 31.1 Å². The molecule has 0 radical (unpaired) electrons. The van der Waals surface area contributed by atoms with Crippen molar-refractivity contribution in [3.8, 4) is 16.9 Å². The summed E-state index contributed by atoms with van der Waals surface area (Å²) in [6, 6.07) is 22.8. The zero-order valence-electron chi connectivity index (χ0n) is 18.1. The summed E-state index contributed by atoms with van der Waals surface area (Å²) in [5.74, 6) is -1.33. The summed E-state index contributed by atoms with van der Waals surface area (Å²) < 4.78 is 0. The number of carbonyl (C=O) groups excluding carboxylic acids is 2. The van der Waals surface area contributed by atoms with E-state index in [-0.39, 0.29) is 24.5 Å². The molecule has 2 atom stereocenters. The maximum absolute atomic E-state index is 12.6. The van der Waals surface area contributed by atoms with Crippen molar-refractivity contribution in [3.05, 3.63) is 90.0 Å². The second kappa shape index (κ2) is 11.3. The van der Waals surface area contributed by atoms with Gasteiger partial charge in [-0.3, -0.25) is 14.4 Å². The van der Waals surface area contributed by atoms with Crippen LogP contribution in [-0.2, 0) is 27.2 Å². The van der Waals surface area contributed by atoms with Gasteiger partial charge >= 0.3 is 5.97 Å². The quantitative estimate of drug-likeness (QED) is 0.442. The molecule has 3 N–H and O–H groups in total. The summed E-state index contributed by atoms with van der Waals surface area (Å²) in [6.45, 7) is 1.54. The Morgan fingerprint density at radius 3 is 2.03 bits per heavy atom. The van der Waals surface area contributed by atoms with Crippen molar-refractivity contribution in [2.24, 2.45) is 0 Å². The third-order valence-electron chi connectivity index (χ3n) is 5.05. The monoisotopic (exact) mass is 463 g/mol. The van der Waals surface area contributed by atoms with E-state index in [0.717, 1.165) is 28.5 Å². The van der Waals surface area contributed by atoms with Crippen molar-refractivity contribution in [2.75, 3.05) is 0 Å². The second-order valence-electron chi connectivity index (χ2n) is 7.66. The molecule has 7 heteroatoms. The Hall–Kier alpha value is -3.58. The van der Waals surface area contributed by atoms with Gasteiger partial charge < -0.3 is 15.5 Å². The number of phenols is 1. The molecular formula is C26H25NO5S. The molecule has 0 aliphatic rings. The van der Waals surface area contributed by atoms with E-state index in [1.54, 1.807) is 12.1 Å². The standard InChI is InChI=1S/C26H25NO5S/c1-17(27-24(29)16-19-9-13-22(28)14-10-19)26(32)33-23(25(30)31)15-18-7-11-21(12-8-18)20-5-3-2-4-6-20/h2-14,17,23,28H,15-16H2,1H3,(H,27,29)(H,30,31)/t17-,23-/m1/s1. The summed E-state index contributed by atoms with van der Waals surface area (Å²) in [4.78, 5) is 36.6. The lowest BCUT2D eigenvalue weighted by atomic mass is 10.0. The number of aliphatic carboxylic acids is 1. The largest absolute Gasteiger partial charge is 0.508 e. The Bertz CT molecular complexity index is 1100. The van der Waals surface area contributed by atoms with Crippen molar-refractivity contribution < 1.29 is 24.6 Å². The Balaban J connectivity index is 1.56. The van der Waals surface area contributed by atoms with E-state index in [2.05, 4.69) is 5.32 Å². The van der Waals surface area contributed by atoms with E-state index >= 15 is 0 Å². The first-order chi connectivity index (χ1) is 15.8. The molecule has 0 spiro atoms. The number of carboxylic acid groups (broad SMARTS) is 1. The number of thioether (sulfide) groups is 1. The lowest BCUT2D eigenvalue weighted by Gasteiger charge is -2.16. The van der Waals surface area contributed by atoms with Crippen LogP contribution in [0.3, 0.4) is 0 Å².